The molecule has 2 N–H and O–H groups in total. The zero-order chi connectivity index (χ0) is 12.3. The number of likely N-dealkylation sites (N-methyl/N-ethyl adjacent to an activating group) is 2. The highest BCUT2D eigenvalue weighted by Crippen LogP contribution is 2.15. The number of nitrogens with zero attached hydrogens (tertiary/aromatic N) is 2. The minimum absolute atomic E-state index is 0.0790. The van der Waals surface area contributed by atoms with Gasteiger partial charge in [0, 0.05) is 19.6 Å². The molecule has 1 unspecified atom stereocenters. The van der Waals surface area contributed by atoms with Crippen molar-refractivity contribution in [3.63, 3.8) is 0 Å². The molecule has 2 atom stereocenters. The molecule has 0 radical (unpaired) electrons. The van der Waals surface area contributed by atoms with Gasteiger partial charge >= 0.3 is 0 Å². The van der Waals surface area contributed by atoms with Crippen LogP contribution in [0.3, 0.4) is 0 Å². The summed E-state index contributed by atoms with van der Waals surface area (Å²) in [5.41, 5.74) is 5.90. The molecule has 1 rings (SSSR count). The van der Waals surface area contributed by atoms with Crippen LogP contribution in [0.1, 0.15) is 26.7 Å². The number of piperidine rings is 1. The molecular weight excluding hydrogens is 202 g/mol. The van der Waals surface area contributed by atoms with Gasteiger partial charge in [0.1, 0.15) is 0 Å². The molecule has 16 heavy (non-hydrogen) atoms. The number of likely N-dealkylation sites (tertiary alicyclic amines) is 1. The summed E-state index contributed by atoms with van der Waals surface area (Å²) in [6.07, 6.45) is 2.26. The van der Waals surface area contributed by atoms with Crippen LogP contribution in [-0.2, 0) is 4.79 Å². The molecule has 4 nitrogen and oxygen atoms in total. The lowest BCUT2D eigenvalue weighted by Gasteiger charge is -2.37. The molecule has 0 bridgehead atoms. The molecule has 94 valence electrons. The number of amides is 1. The van der Waals surface area contributed by atoms with Gasteiger partial charge in [0.25, 0.3) is 0 Å². The lowest BCUT2D eigenvalue weighted by Crippen LogP contribution is -2.53. The summed E-state index contributed by atoms with van der Waals surface area (Å²) < 4.78 is 0. The minimum atomic E-state index is -0.364. The van der Waals surface area contributed by atoms with Crippen molar-refractivity contribution in [2.75, 3.05) is 27.2 Å². The molecule has 1 amide bonds. The Balaban J connectivity index is 2.55. The van der Waals surface area contributed by atoms with E-state index in [9.17, 15) is 4.79 Å². The maximum atomic E-state index is 12.1. The van der Waals surface area contributed by atoms with Gasteiger partial charge in [-0.2, -0.15) is 0 Å². The van der Waals surface area contributed by atoms with E-state index >= 15 is 0 Å². The molecular formula is C12H25N3O. The van der Waals surface area contributed by atoms with Crippen molar-refractivity contribution in [2.24, 2.45) is 11.7 Å². The zero-order valence-corrected chi connectivity index (χ0v) is 10.9. The first-order valence-corrected chi connectivity index (χ1v) is 6.14. The number of hydrogen-bond acceptors (Lipinski definition) is 3. The second-order valence-corrected chi connectivity index (χ2v) is 5.28. The minimum Gasteiger partial charge on any atom is -0.340 e. The van der Waals surface area contributed by atoms with Crippen LogP contribution in [0.4, 0.5) is 0 Å². The van der Waals surface area contributed by atoms with Gasteiger partial charge in [0.15, 0.2) is 0 Å². The average Bonchev–Trinajstić information content (AvgIpc) is 2.26. The summed E-state index contributed by atoms with van der Waals surface area (Å²) in [4.78, 5) is 16.2. The Hall–Kier alpha value is -0.610. The third kappa shape index (κ3) is 3.19. The normalized spacial score (nSPS) is 24.5. The molecule has 1 heterocycles. The van der Waals surface area contributed by atoms with E-state index in [4.69, 9.17) is 5.73 Å². The van der Waals surface area contributed by atoms with Crippen molar-refractivity contribution in [1.29, 1.82) is 0 Å². The Kier molecular flexibility index (Phi) is 4.74. The maximum Gasteiger partial charge on any atom is 0.239 e. The third-order valence-electron chi connectivity index (χ3n) is 3.50. The number of hydrogen-bond donors (Lipinski definition) is 1. The topological polar surface area (TPSA) is 49.6 Å². The molecule has 1 aliphatic rings. The van der Waals surface area contributed by atoms with Crippen molar-refractivity contribution in [3.8, 4) is 0 Å². The van der Waals surface area contributed by atoms with Crippen LogP contribution in [0.15, 0.2) is 0 Å². The van der Waals surface area contributed by atoms with Crippen LogP contribution in [-0.4, -0.2) is 55.0 Å². The van der Waals surface area contributed by atoms with E-state index < -0.39 is 0 Å². The van der Waals surface area contributed by atoms with Crippen molar-refractivity contribution in [2.45, 2.75) is 38.8 Å². The van der Waals surface area contributed by atoms with E-state index in [1.54, 1.807) is 0 Å². The number of nitrogens with two attached hydrogens (primary N) is 1. The molecule has 0 aromatic carbocycles. The van der Waals surface area contributed by atoms with Gasteiger partial charge in [0.2, 0.25) is 5.91 Å². The van der Waals surface area contributed by atoms with Crippen molar-refractivity contribution in [1.82, 2.24) is 9.80 Å². The molecule has 4 heteroatoms. The highest BCUT2D eigenvalue weighted by atomic mass is 16.2. The monoisotopic (exact) mass is 227 g/mol. The summed E-state index contributed by atoms with van der Waals surface area (Å²) in [5, 5.41) is 0. The molecule has 0 saturated carbocycles. The van der Waals surface area contributed by atoms with Crippen LogP contribution in [0, 0.1) is 5.92 Å². The summed E-state index contributed by atoms with van der Waals surface area (Å²) in [5.74, 6) is 0.284. The standard InChI is InChI=1S/C12H25N3O/c1-9(2)11(13)12(16)15(4)10-6-5-7-14(3)8-10/h9-11H,5-8,13H2,1-4H3/t10-,11?/m0/s1. The zero-order valence-electron chi connectivity index (χ0n) is 10.9. The Morgan fingerprint density at radius 3 is 2.62 bits per heavy atom. The Morgan fingerprint density at radius 2 is 2.12 bits per heavy atom. The highest BCUT2D eigenvalue weighted by Gasteiger charge is 2.28. The SMILES string of the molecule is CC(C)C(N)C(=O)N(C)[C@H]1CCCN(C)C1. The number of carbonyl (C=O) groups is 1. The van der Waals surface area contributed by atoms with Gasteiger partial charge in [-0.3, -0.25) is 4.79 Å². The van der Waals surface area contributed by atoms with E-state index in [1.165, 1.54) is 0 Å². The molecule has 1 saturated heterocycles. The predicted octanol–water partition coefficient (Wildman–Crippen LogP) is 0.522. The van der Waals surface area contributed by atoms with Crippen molar-refractivity contribution in [3.05, 3.63) is 0 Å². The van der Waals surface area contributed by atoms with Gasteiger partial charge in [-0.15, -0.1) is 0 Å². The van der Waals surface area contributed by atoms with Crippen molar-refractivity contribution >= 4 is 5.91 Å². The van der Waals surface area contributed by atoms with E-state index in [-0.39, 0.29) is 17.9 Å². The third-order valence-corrected chi connectivity index (χ3v) is 3.50. The fourth-order valence-electron chi connectivity index (χ4n) is 2.16. The first-order chi connectivity index (χ1) is 7.43. The van der Waals surface area contributed by atoms with Gasteiger partial charge in [-0.1, -0.05) is 13.8 Å². The molecule has 0 aromatic heterocycles. The first kappa shape index (κ1) is 13.5. The van der Waals surface area contributed by atoms with E-state index in [0.717, 1.165) is 25.9 Å². The van der Waals surface area contributed by atoms with Gasteiger partial charge in [-0.05, 0) is 32.4 Å². The summed E-state index contributed by atoms with van der Waals surface area (Å²) >= 11 is 0. The van der Waals surface area contributed by atoms with Gasteiger partial charge < -0.3 is 15.5 Å². The molecule has 0 aromatic rings. The number of rotatable bonds is 3. The van der Waals surface area contributed by atoms with Crippen LogP contribution in [0.2, 0.25) is 0 Å². The average molecular weight is 227 g/mol. The summed E-state index contributed by atoms with van der Waals surface area (Å²) in [6.45, 7) is 6.08. The summed E-state index contributed by atoms with van der Waals surface area (Å²) in [7, 11) is 3.99. The predicted molar refractivity (Wildman–Crippen MR) is 66.1 cm³/mol. The van der Waals surface area contributed by atoms with Crippen molar-refractivity contribution < 1.29 is 4.79 Å². The molecule has 1 fully saturated rings. The lowest BCUT2D eigenvalue weighted by atomic mass is 10.0. The molecule has 0 aliphatic carbocycles. The fourth-order valence-corrected chi connectivity index (χ4v) is 2.16. The number of carbonyl (C=O) groups excluding carboxylic acids is 1. The second kappa shape index (κ2) is 5.64. The maximum absolute atomic E-state index is 12.1. The lowest BCUT2D eigenvalue weighted by molar-refractivity contribution is -0.135. The fraction of sp³-hybridized carbons (Fsp3) is 0.917. The van der Waals surface area contributed by atoms with Gasteiger partial charge in [0.05, 0.1) is 6.04 Å². The van der Waals surface area contributed by atoms with Crippen LogP contribution in [0.25, 0.3) is 0 Å². The second-order valence-electron chi connectivity index (χ2n) is 5.28. The Labute approximate surface area is 98.8 Å². The Bertz CT molecular complexity index is 242. The smallest absolute Gasteiger partial charge is 0.239 e. The van der Waals surface area contributed by atoms with Gasteiger partial charge in [-0.25, -0.2) is 0 Å². The highest BCUT2D eigenvalue weighted by molar-refractivity contribution is 5.82. The molecule has 0 spiro atoms. The quantitative estimate of drug-likeness (QED) is 0.765. The van der Waals surface area contributed by atoms with Crippen LogP contribution >= 0.6 is 0 Å². The largest absolute Gasteiger partial charge is 0.340 e. The van der Waals surface area contributed by atoms with E-state index in [2.05, 4.69) is 11.9 Å². The van der Waals surface area contributed by atoms with E-state index in [1.807, 2.05) is 25.8 Å². The van der Waals surface area contributed by atoms with Crippen LogP contribution in [0.5, 0.6) is 0 Å². The molecule has 1 aliphatic heterocycles. The van der Waals surface area contributed by atoms with Crippen LogP contribution < -0.4 is 5.73 Å². The Morgan fingerprint density at radius 1 is 1.50 bits per heavy atom. The van der Waals surface area contributed by atoms with E-state index in [0.29, 0.717) is 6.04 Å². The first-order valence-electron chi connectivity index (χ1n) is 6.14. The summed E-state index contributed by atoms with van der Waals surface area (Å²) in [6, 6.07) is -0.0340.